The Morgan fingerprint density at radius 2 is 0.721 bits per heavy atom. The van der Waals surface area contributed by atoms with Gasteiger partial charge in [-0.05, 0) is 54.6 Å². The summed E-state index contributed by atoms with van der Waals surface area (Å²) >= 11 is 0. The summed E-state index contributed by atoms with van der Waals surface area (Å²) in [7, 11) is -15.3. The maximum Gasteiger partial charge on any atom is 0.335 e. The Balaban J connectivity index is 0.00000645. The van der Waals surface area contributed by atoms with Gasteiger partial charge in [-0.1, -0.05) is 0 Å². The van der Waals surface area contributed by atoms with Crippen molar-refractivity contribution in [1.29, 1.82) is 0 Å². The molecule has 0 amide bonds. The molecule has 0 spiro atoms. The van der Waals surface area contributed by atoms with Crippen LogP contribution < -0.4 is 9.44 Å². The molecule has 43 heavy (non-hydrogen) atoms. The van der Waals surface area contributed by atoms with Crippen molar-refractivity contribution in [2.75, 3.05) is 9.44 Å². The number of carboxylic acids is 4. The molecule has 0 aliphatic heterocycles. The van der Waals surface area contributed by atoms with Gasteiger partial charge in [0, 0.05) is 29.6 Å². The SMILES string of the molecule is O=C(O)c1cc(NS(=O)(=O)c2cc(S(=O)(=O)O)cc(S(=O)(=O)Nc3cc(C(=O)O)cc(C(=O)O)c3)c2)cc(C(=O)O)c1.[Na]. The molecule has 0 fully saturated rings. The quantitative estimate of drug-likeness (QED) is 0.111. The molecule has 0 aliphatic rings. The van der Waals surface area contributed by atoms with E-state index in [1.807, 2.05) is 0 Å². The van der Waals surface area contributed by atoms with E-state index < -0.39 is 102 Å². The molecule has 21 heteroatoms. The number of sulfonamides is 2. The molecule has 0 saturated carbocycles. The van der Waals surface area contributed by atoms with E-state index in [0.29, 0.717) is 54.6 Å². The van der Waals surface area contributed by atoms with Crippen LogP contribution >= 0.6 is 0 Å². The first kappa shape index (κ1) is 35.1. The van der Waals surface area contributed by atoms with E-state index in [1.54, 1.807) is 9.44 Å². The summed E-state index contributed by atoms with van der Waals surface area (Å²) in [6.45, 7) is 0. The van der Waals surface area contributed by atoms with E-state index in [0.717, 1.165) is 0 Å². The molecule has 223 valence electrons. The maximum atomic E-state index is 13.1. The standard InChI is InChI=1S/C22H16N2O15S3.Na/c25-19(26)10-1-11(20(27)28)4-14(3-10)23-40(33,34)16-7-17(9-18(8-16)42(37,38)39)41(35,36)24-15-5-12(21(29)30)2-13(6-15)22(31)32;/h1-9,23-24H,(H,25,26)(H,27,28)(H,29,30)(H,31,32)(H,37,38,39);. The summed E-state index contributed by atoms with van der Waals surface area (Å²) in [6.07, 6.45) is 0. The van der Waals surface area contributed by atoms with E-state index in [9.17, 15) is 69.4 Å². The molecule has 0 atom stereocenters. The predicted octanol–water partition coefficient (Wildman–Crippen LogP) is 0.947. The number of aromatic carboxylic acids is 4. The van der Waals surface area contributed by atoms with Gasteiger partial charge in [0.2, 0.25) is 0 Å². The molecule has 3 aromatic rings. The topological polar surface area (TPSA) is 296 Å². The molecule has 0 unspecified atom stereocenters. The second kappa shape index (κ2) is 12.7. The average molecular weight is 668 g/mol. The van der Waals surface area contributed by atoms with E-state index in [-0.39, 0.29) is 29.6 Å². The normalized spacial score (nSPS) is 11.6. The molecular weight excluding hydrogens is 651 g/mol. The van der Waals surface area contributed by atoms with E-state index in [1.165, 1.54) is 0 Å². The second-order valence-corrected chi connectivity index (χ2v) is 12.9. The third-order valence-corrected chi connectivity index (χ3v) is 8.68. The van der Waals surface area contributed by atoms with Gasteiger partial charge in [0.15, 0.2) is 0 Å². The van der Waals surface area contributed by atoms with Gasteiger partial charge in [0.25, 0.3) is 30.2 Å². The fourth-order valence-corrected chi connectivity index (χ4v) is 6.30. The van der Waals surface area contributed by atoms with Gasteiger partial charge >= 0.3 is 23.9 Å². The molecule has 1 radical (unpaired) electrons. The van der Waals surface area contributed by atoms with Crippen LogP contribution in [-0.2, 0) is 30.2 Å². The summed E-state index contributed by atoms with van der Waals surface area (Å²) in [5.41, 5.74) is -3.88. The van der Waals surface area contributed by atoms with Crippen LogP contribution in [0.1, 0.15) is 41.4 Å². The van der Waals surface area contributed by atoms with Crippen LogP contribution in [0.25, 0.3) is 0 Å². The van der Waals surface area contributed by atoms with Crippen LogP contribution in [0.3, 0.4) is 0 Å². The van der Waals surface area contributed by atoms with Crippen LogP contribution in [0.4, 0.5) is 11.4 Å². The van der Waals surface area contributed by atoms with Gasteiger partial charge in [-0.3, -0.25) is 14.0 Å². The van der Waals surface area contributed by atoms with Crippen molar-refractivity contribution in [3.63, 3.8) is 0 Å². The smallest absolute Gasteiger partial charge is 0.335 e. The van der Waals surface area contributed by atoms with Crippen LogP contribution in [0.2, 0.25) is 0 Å². The molecular formula is C22H16N2NaO15S3. The monoisotopic (exact) mass is 667 g/mol. The van der Waals surface area contributed by atoms with Crippen molar-refractivity contribution < 1.29 is 69.4 Å². The number of hydrogen-bond acceptors (Lipinski definition) is 10. The minimum Gasteiger partial charge on any atom is -0.478 e. The Hall–Kier alpha value is -4.05. The molecule has 0 saturated heterocycles. The zero-order valence-electron chi connectivity index (χ0n) is 21.2. The Bertz CT molecular complexity index is 1820. The fourth-order valence-electron chi connectivity index (χ4n) is 3.30. The molecule has 3 aromatic carbocycles. The maximum absolute atomic E-state index is 13.1. The van der Waals surface area contributed by atoms with E-state index in [2.05, 4.69) is 0 Å². The van der Waals surface area contributed by atoms with Crippen LogP contribution in [0, 0.1) is 0 Å². The Labute approximate surface area is 263 Å². The van der Waals surface area contributed by atoms with Crippen molar-refractivity contribution in [3.05, 3.63) is 76.9 Å². The van der Waals surface area contributed by atoms with Gasteiger partial charge in [-0.25, -0.2) is 36.0 Å². The van der Waals surface area contributed by atoms with Gasteiger partial charge in [-0.15, -0.1) is 0 Å². The van der Waals surface area contributed by atoms with Crippen molar-refractivity contribution in [3.8, 4) is 0 Å². The summed E-state index contributed by atoms with van der Waals surface area (Å²) < 4.78 is 89.2. The number of hydrogen-bond donors (Lipinski definition) is 7. The van der Waals surface area contributed by atoms with Crippen LogP contribution in [0.5, 0.6) is 0 Å². The van der Waals surface area contributed by atoms with Crippen molar-refractivity contribution in [2.45, 2.75) is 14.7 Å². The Kier molecular flexibility index (Phi) is 10.4. The number of rotatable bonds is 11. The van der Waals surface area contributed by atoms with Crippen LogP contribution in [-0.4, -0.2) is 104 Å². The summed E-state index contributed by atoms with van der Waals surface area (Å²) in [5, 5.41) is 36.8. The number of anilines is 2. The number of carboxylic acid groups (broad SMARTS) is 4. The first-order valence-electron chi connectivity index (χ1n) is 10.6. The molecule has 7 N–H and O–H groups in total. The van der Waals surface area contributed by atoms with Crippen molar-refractivity contribution in [1.82, 2.24) is 0 Å². The zero-order valence-corrected chi connectivity index (χ0v) is 25.7. The van der Waals surface area contributed by atoms with Crippen molar-refractivity contribution >= 4 is 95.0 Å². The van der Waals surface area contributed by atoms with Gasteiger partial charge < -0.3 is 20.4 Å². The Morgan fingerprint density at radius 3 is 0.953 bits per heavy atom. The molecule has 0 aromatic heterocycles. The third-order valence-electron chi connectivity index (χ3n) is 5.13. The third kappa shape index (κ3) is 8.50. The number of benzene rings is 3. The molecule has 3 rings (SSSR count). The number of carbonyl (C=O) groups is 4. The van der Waals surface area contributed by atoms with E-state index in [4.69, 9.17) is 0 Å². The molecule has 17 nitrogen and oxygen atoms in total. The molecule has 0 bridgehead atoms. The van der Waals surface area contributed by atoms with Gasteiger partial charge in [0.05, 0.1) is 48.3 Å². The molecule has 0 aliphatic carbocycles. The summed E-state index contributed by atoms with van der Waals surface area (Å²) in [4.78, 5) is 41.9. The fraction of sp³-hybridized carbons (Fsp3) is 0. The van der Waals surface area contributed by atoms with Gasteiger partial charge in [0.1, 0.15) is 0 Å². The van der Waals surface area contributed by atoms with Gasteiger partial charge in [-0.2, -0.15) is 8.42 Å². The average Bonchev–Trinajstić information content (AvgIpc) is 2.86. The minimum absolute atomic E-state index is 0. The molecule has 0 heterocycles. The first-order valence-corrected chi connectivity index (χ1v) is 15.0. The zero-order chi connectivity index (χ0) is 31.8. The largest absolute Gasteiger partial charge is 0.478 e. The summed E-state index contributed by atoms with van der Waals surface area (Å²) in [5.74, 6) is -6.54. The summed E-state index contributed by atoms with van der Waals surface area (Å²) in [6, 6.07) is 5.37. The first-order chi connectivity index (χ1) is 19.2. The predicted molar refractivity (Wildman–Crippen MR) is 144 cm³/mol. The minimum atomic E-state index is -5.28. The second-order valence-electron chi connectivity index (χ2n) is 8.14. The van der Waals surface area contributed by atoms with Crippen LogP contribution in [0.15, 0.2) is 69.3 Å². The Morgan fingerprint density at radius 1 is 0.465 bits per heavy atom. The number of nitrogens with one attached hydrogen (secondary N) is 2. The van der Waals surface area contributed by atoms with Crippen molar-refractivity contribution in [2.24, 2.45) is 0 Å². The van der Waals surface area contributed by atoms with E-state index >= 15 is 0 Å².